The molecule has 0 radical (unpaired) electrons. The van der Waals surface area contributed by atoms with Gasteiger partial charge in [0.2, 0.25) is 5.91 Å². The molecule has 9 heteroatoms. The van der Waals surface area contributed by atoms with Gasteiger partial charge in [0.25, 0.3) is 5.91 Å². The van der Waals surface area contributed by atoms with E-state index in [2.05, 4.69) is 17.2 Å². The zero-order valence-electron chi connectivity index (χ0n) is 14.1. The molecule has 2 N–H and O–H groups in total. The number of hydrogen-bond donors (Lipinski definition) is 2. The highest BCUT2D eigenvalue weighted by molar-refractivity contribution is 6.36. The number of benzene rings is 1. The lowest BCUT2D eigenvalue weighted by Gasteiger charge is -2.34. The summed E-state index contributed by atoms with van der Waals surface area (Å²) in [5.41, 5.74) is 0.404. The van der Waals surface area contributed by atoms with Crippen molar-refractivity contribution in [2.24, 2.45) is 0 Å². The Labute approximate surface area is 161 Å². The number of imide groups is 1. The van der Waals surface area contributed by atoms with Crippen LogP contribution in [0.2, 0.25) is 10.0 Å². The SMILES string of the molecule is C=CCNC(=O)NC(=O)CN1CCN(C(=O)c2ccc(Cl)cc2Cl)CC1. The lowest BCUT2D eigenvalue weighted by atomic mass is 10.2. The predicted molar refractivity (Wildman–Crippen MR) is 101 cm³/mol. The van der Waals surface area contributed by atoms with Crippen molar-refractivity contribution in [3.8, 4) is 0 Å². The number of nitrogens with one attached hydrogen (secondary N) is 2. The van der Waals surface area contributed by atoms with E-state index in [0.717, 1.165) is 0 Å². The molecule has 0 atom stereocenters. The van der Waals surface area contributed by atoms with Gasteiger partial charge in [0.05, 0.1) is 17.1 Å². The monoisotopic (exact) mass is 398 g/mol. The van der Waals surface area contributed by atoms with E-state index in [9.17, 15) is 14.4 Å². The van der Waals surface area contributed by atoms with E-state index in [-0.39, 0.29) is 19.0 Å². The van der Waals surface area contributed by atoms with Crippen molar-refractivity contribution in [1.82, 2.24) is 20.4 Å². The predicted octanol–water partition coefficient (Wildman–Crippen LogP) is 1.76. The average Bonchev–Trinajstić information content (AvgIpc) is 2.60. The number of halogens is 2. The van der Waals surface area contributed by atoms with Crippen LogP contribution in [0.25, 0.3) is 0 Å². The number of rotatable bonds is 5. The van der Waals surface area contributed by atoms with Crippen LogP contribution in [-0.2, 0) is 4.79 Å². The fraction of sp³-hybridized carbons (Fsp3) is 0.353. The third-order valence-corrected chi connectivity index (χ3v) is 4.40. The van der Waals surface area contributed by atoms with Gasteiger partial charge in [-0.15, -0.1) is 6.58 Å². The van der Waals surface area contributed by atoms with Gasteiger partial charge < -0.3 is 10.2 Å². The minimum atomic E-state index is -0.555. The van der Waals surface area contributed by atoms with Gasteiger partial charge in [-0.3, -0.25) is 19.8 Å². The molecule has 0 saturated carbocycles. The van der Waals surface area contributed by atoms with E-state index in [4.69, 9.17) is 23.2 Å². The second-order valence-electron chi connectivity index (χ2n) is 5.74. The van der Waals surface area contributed by atoms with Crippen molar-refractivity contribution in [3.05, 3.63) is 46.5 Å². The van der Waals surface area contributed by atoms with Crippen molar-refractivity contribution < 1.29 is 14.4 Å². The average molecular weight is 399 g/mol. The van der Waals surface area contributed by atoms with Gasteiger partial charge in [0.1, 0.15) is 0 Å². The lowest BCUT2D eigenvalue weighted by Crippen LogP contribution is -2.52. The molecule has 0 spiro atoms. The van der Waals surface area contributed by atoms with E-state index < -0.39 is 11.9 Å². The molecular weight excluding hydrogens is 379 g/mol. The highest BCUT2D eigenvalue weighted by Crippen LogP contribution is 2.22. The number of piperazine rings is 1. The first kappa shape index (κ1) is 20.2. The van der Waals surface area contributed by atoms with Gasteiger partial charge in [0.15, 0.2) is 0 Å². The summed E-state index contributed by atoms with van der Waals surface area (Å²) in [6.45, 7) is 5.83. The van der Waals surface area contributed by atoms with E-state index in [0.29, 0.717) is 41.8 Å². The minimum absolute atomic E-state index is 0.0885. The molecule has 1 aliphatic rings. The van der Waals surface area contributed by atoms with Gasteiger partial charge in [0, 0.05) is 37.7 Å². The molecular formula is C17H20Cl2N4O3. The summed E-state index contributed by atoms with van der Waals surface area (Å²) in [5.74, 6) is -0.563. The Kier molecular flexibility index (Phi) is 7.44. The molecule has 0 aliphatic carbocycles. The Bertz CT molecular complexity index is 703. The molecule has 2 rings (SSSR count). The first-order valence-corrected chi connectivity index (χ1v) is 8.81. The minimum Gasteiger partial charge on any atom is -0.336 e. The van der Waals surface area contributed by atoms with Crippen molar-refractivity contribution >= 4 is 41.0 Å². The second-order valence-corrected chi connectivity index (χ2v) is 6.58. The van der Waals surface area contributed by atoms with Gasteiger partial charge >= 0.3 is 6.03 Å². The topological polar surface area (TPSA) is 81.8 Å². The van der Waals surface area contributed by atoms with Crippen LogP contribution in [-0.4, -0.2) is 66.9 Å². The summed E-state index contributed by atoms with van der Waals surface area (Å²) in [6.07, 6.45) is 1.52. The zero-order chi connectivity index (χ0) is 19.1. The number of nitrogens with zero attached hydrogens (tertiary/aromatic N) is 2. The molecule has 0 aromatic heterocycles. The fourth-order valence-electron chi connectivity index (χ4n) is 2.52. The van der Waals surface area contributed by atoms with E-state index in [1.165, 1.54) is 12.1 Å². The zero-order valence-corrected chi connectivity index (χ0v) is 15.6. The normalized spacial score (nSPS) is 14.6. The van der Waals surface area contributed by atoms with Crippen molar-refractivity contribution in [3.63, 3.8) is 0 Å². The number of amides is 4. The molecule has 0 unspecified atom stereocenters. The van der Waals surface area contributed by atoms with Crippen LogP contribution >= 0.6 is 23.2 Å². The maximum Gasteiger partial charge on any atom is 0.321 e. The Morgan fingerprint density at radius 1 is 1.15 bits per heavy atom. The first-order chi connectivity index (χ1) is 12.4. The smallest absolute Gasteiger partial charge is 0.321 e. The fourth-order valence-corrected chi connectivity index (χ4v) is 3.01. The molecule has 1 heterocycles. The summed E-state index contributed by atoms with van der Waals surface area (Å²) in [4.78, 5) is 39.4. The van der Waals surface area contributed by atoms with Gasteiger partial charge in [-0.25, -0.2) is 4.79 Å². The van der Waals surface area contributed by atoms with Crippen LogP contribution in [0.15, 0.2) is 30.9 Å². The van der Waals surface area contributed by atoms with Crippen LogP contribution in [0.5, 0.6) is 0 Å². The van der Waals surface area contributed by atoms with E-state index >= 15 is 0 Å². The summed E-state index contributed by atoms with van der Waals surface area (Å²) in [5, 5.41) is 5.50. The number of urea groups is 1. The Morgan fingerprint density at radius 3 is 2.46 bits per heavy atom. The third-order valence-electron chi connectivity index (χ3n) is 3.85. The molecule has 1 aromatic carbocycles. The molecule has 140 valence electrons. The molecule has 0 bridgehead atoms. The number of carbonyl (C=O) groups is 3. The number of carbonyl (C=O) groups excluding carboxylic acids is 3. The van der Waals surface area contributed by atoms with Crippen LogP contribution in [0, 0.1) is 0 Å². The largest absolute Gasteiger partial charge is 0.336 e. The molecule has 1 fully saturated rings. The van der Waals surface area contributed by atoms with Crippen molar-refractivity contribution in [1.29, 1.82) is 0 Å². The Morgan fingerprint density at radius 2 is 1.85 bits per heavy atom. The van der Waals surface area contributed by atoms with Gasteiger partial charge in [-0.2, -0.15) is 0 Å². The molecule has 4 amide bonds. The summed E-state index contributed by atoms with van der Waals surface area (Å²) in [7, 11) is 0. The highest BCUT2D eigenvalue weighted by Gasteiger charge is 2.24. The summed E-state index contributed by atoms with van der Waals surface area (Å²) < 4.78 is 0. The second kappa shape index (κ2) is 9.56. The summed E-state index contributed by atoms with van der Waals surface area (Å²) in [6, 6.07) is 4.21. The summed E-state index contributed by atoms with van der Waals surface area (Å²) >= 11 is 11.9. The quantitative estimate of drug-likeness (QED) is 0.740. The van der Waals surface area contributed by atoms with Crippen molar-refractivity contribution in [2.75, 3.05) is 39.3 Å². The van der Waals surface area contributed by atoms with Crippen LogP contribution in [0.4, 0.5) is 4.79 Å². The van der Waals surface area contributed by atoms with Gasteiger partial charge in [-0.1, -0.05) is 29.3 Å². The molecule has 1 aromatic rings. The molecule has 7 nitrogen and oxygen atoms in total. The maximum atomic E-state index is 12.5. The standard InChI is InChI=1S/C17H20Cl2N4O3/c1-2-5-20-17(26)21-15(24)11-22-6-8-23(9-7-22)16(25)13-4-3-12(18)10-14(13)19/h2-4,10H,1,5-9,11H2,(H2,20,21,24,26). The van der Waals surface area contributed by atoms with Crippen LogP contribution < -0.4 is 10.6 Å². The molecule has 1 aliphatic heterocycles. The van der Waals surface area contributed by atoms with Crippen LogP contribution in [0.1, 0.15) is 10.4 Å². The lowest BCUT2D eigenvalue weighted by molar-refractivity contribution is -0.121. The molecule has 26 heavy (non-hydrogen) atoms. The van der Waals surface area contributed by atoms with Crippen molar-refractivity contribution in [2.45, 2.75) is 0 Å². The van der Waals surface area contributed by atoms with E-state index in [1.807, 2.05) is 4.90 Å². The number of hydrogen-bond acceptors (Lipinski definition) is 4. The highest BCUT2D eigenvalue weighted by atomic mass is 35.5. The maximum absolute atomic E-state index is 12.5. The van der Waals surface area contributed by atoms with Crippen LogP contribution in [0.3, 0.4) is 0 Å². The Hall–Kier alpha value is -2.09. The Balaban J connectivity index is 1.81. The first-order valence-electron chi connectivity index (χ1n) is 8.06. The van der Waals surface area contributed by atoms with Gasteiger partial charge in [-0.05, 0) is 18.2 Å². The molecule has 1 saturated heterocycles. The van der Waals surface area contributed by atoms with E-state index in [1.54, 1.807) is 17.0 Å². The third kappa shape index (κ3) is 5.72.